The van der Waals surface area contributed by atoms with Gasteiger partial charge in [0, 0.05) is 24.3 Å². The van der Waals surface area contributed by atoms with Gasteiger partial charge in [-0.15, -0.1) is 0 Å². The summed E-state index contributed by atoms with van der Waals surface area (Å²) in [6.45, 7) is 4.73. The zero-order valence-electron chi connectivity index (χ0n) is 19.6. The molecule has 1 saturated heterocycles. The van der Waals surface area contributed by atoms with Gasteiger partial charge in [0.2, 0.25) is 0 Å². The molecule has 0 aliphatic carbocycles. The van der Waals surface area contributed by atoms with Crippen LogP contribution >= 0.6 is 0 Å². The number of ketones is 1. The number of nitrogens with one attached hydrogen (secondary N) is 1. The van der Waals surface area contributed by atoms with E-state index in [1.807, 2.05) is 24.3 Å². The van der Waals surface area contributed by atoms with E-state index in [0.29, 0.717) is 5.92 Å². The number of likely N-dealkylation sites (tertiary alicyclic amines) is 1. The Balaban J connectivity index is 1.22. The molecule has 5 heteroatoms. The van der Waals surface area contributed by atoms with Crippen LogP contribution < -0.4 is 10.1 Å². The molecule has 0 radical (unpaired) electrons. The SMILES string of the molecule is COc1ccccc1[C@@H](C(C)=O)N1CC[C@@H](CCCCCc2ccc3c(n2)NCCC3)C1. The quantitative estimate of drug-likeness (QED) is 0.520. The number of fused-ring (bicyclic) bond motifs is 1. The number of aryl methyl sites for hydroxylation is 2. The smallest absolute Gasteiger partial charge is 0.151 e. The number of rotatable bonds is 10. The second-order valence-electron chi connectivity index (χ2n) is 9.34. The van der Waals surface area contributed by atoms with Crippen LogP contribution in [0.25, 0.3) is 0 Å². The standard InChI is InChI=1S/C27H37N3O2/c1-20(31)26(24-12-6-7-13-25(24)32-2)30-18-16-21(19-30)9-4-3-5-11-23-15-14-22-10-8-17-28-27(22)29-23/h6-7,12-15,21,26H,3-5,8-11,16-19H2,1-2H3,(H,28,29)/t21-,26-/m1/s1. The van der Waals surface area contributed by atoms with Gasteiger partial charge in [-0.05, 0) is 75.6 Å². The largest absolute Gasteiger partial charge is 0.496 e. The van der Waals surface area contributed by atoms with Crippen LogP contribution in [0.2, 0.25) is 0 Å². The van der Waals surface area contributed by atoms with E-state index in [2.05, 4.69) is 22.3 Å². The number of aromatic nitrogens is 1. The van der Waals surface area contributed by atoms with E-state index in [1.165, 1.54) is 49.8 Å². The topological polar surface area (TPSA) is 54.5 Å². The fraction of sp³-hybridized carbons (Fsp3) is 0.556. The Morgan fingerprint density at radius 3 is 2.94 bits per heavy atom. The molecule has 2 aromatic rings. The monoisotopic (exact) mass is 435 g/mol. The number of pyridine rings is 1. The normalized spacial score (nSPS) is 19.2. The second-order valence-corrected chi connectivity index (χ2v) is 9.34. The Bertz CT molecular complexity index is 914. The van der Waals surface area contributed by atoms with E-state index in [0.717, 1.165) is 49.6 Å². The molecule has 1 aromatic carbocycles. The summed E-state index contributed by atoms with van der Waals surface area (Å²) in [4.78, 5) is 19.7. The van der Waals surface area contributed by atoms with Crippen molar-refractivity contribution in [1.82, 2.24) is 9.88 Å². The van der Waals surface area contributed by atoms with Gasteiger partial charge in [-0.3, -0.25) is 9.69 Å². The highest BCUT2D eigenvalue weighted by Gasteiger charge is 2.33. The number of unbranched alkanes of at least 4 members (excludes halogenated alkanes) is 2. The van der Waals surface area contributed by atoms with Crippen molar-refractivity contribution in [2.45, 2.75) is 64.3 Å². The summed E-state index contributed by atoms with van der Waals surface area (Å²) in [5, 5.41) is 3.43. The molecule has 1 N–H and O–H groups in total. The van der Waals surface area contributed by atoms with E-state index in [1.54, 1.807) is 14.0 Å². The lowest BCUT2D eigenvalue weighted by molar-refractivity contribution is -0.122. The number of benzene rings is 1. The average Bonchev–Trinajstić information content (AvgIpc) is 3.27. The molecule has 0 saturated carbocycles. The van der Waals surface area contributed by atoms with Crippen molar-refractivity contribution in [1.29, 1.82) is 0 Å². The molecule has 1 aromatic heterocycles. The molecule has 172 valence electrons. The van der Waals surface area contributed by atoms with Crippen molar-refractivity contribution in [2.24, 2.45) is 5.92 Å². The van der Waals surface area contributed by atoms with Crippen LogP contribution in [-0.4, -0.2) is 42.4 Å². The van der Waals surface area contributed by atoms with Crippen molar-refractivity contribution in [3.8, 4) is 5.75 Å². The zero-order chi connectivity index (χ0) is 22.3. The third-order valence-corrected chi connectivity index (χ3v) is 7.00. The van der Waals surface area contributed by atoms with Gasteiger partial charge in [0.05, 0.1) is 13.2 Å². The number of para-hydroxylation sites is 1. The molecule has 32 heavy (non-hydrogen) atoms. The molecule has 1 fully saturated rings. The fourth-order valence-electron chi connectivity index (χ4n) is 5.32. The number of anilines is 1. The fourth-order valence-corrected chi connectivity index (χ4v) is 5.32. The third kappa shape index (κ3) is 5.50. The second kappa shape index (κ2) is 11.0. The molecule has 2 aliphatic heterocycles. The van der Waals surface area contributed by atoms with Crippen LogP contribution in [0.4, 0.5) is 5.82 Å². The van der Waals surface area contributed by atoms with Gasteiger partial charge in [0.15, 0.2) is 5.78 Å². The van der Waals surface area contributed by atoms with E-state index >= 15 is 0 Å². The van der Waals surface area contributed by atoms with Gasteiger partial charge in [0.1, 0.15) is 11.6 Å². The zero-order valence-corrected chi connectivity index (χ0v) is 19.6. The minimum absolute atomic E-state index is 0.195. The highest BCUT2D eigenvalue weighted by molar-refractivity contribution is 5.83. The third-order valence-electron chi connectivity index (χ3n) is 7.00. The summed E-state index contributed by atoms with van der Waals surface area (Å²) < 4.78 is 5.53. The number of methoxy groups -OCH3 is 1. The molecular formula is C27H37N3O2. The van der Waals surface area contributed by atoms with Gasteiger partial charge in [-0.1, -0.05) is 37.1 Å². The van der Waals surface area contributed by atoms with Crippen LogP contribution in [0.3, 0.4) is 0 Å². The highest BCUT2D eigenvalue weighted by Crippen LogP contribution is 2.35. The van der Waals surface area contributed by atoms with E-state index in [9.17, 15) is 4.79 Å². The maximum Gasteiger partial charge on any atom is 0.151 e. The minimum Gasteiger partial charge on any atom is -0.496 e. The van der Waals surface area contributed by atoms with E-state index in [4.69, 9.17) is 9.72 Å². The summed E-state index contributed by atoms with van der Waals surface area (Å²) in [7, 11) is 1.68. The predicted molar refractivity (Wildman–Crippen MR) is 129 cm³/mol. The lowest BCUT2D eigenvalue weighted by atomic mass is 9.98. The summed E-state index contributed by atoms with van der Waals surface area (Å²) in [5.74, 6) is 2.79. The average molecular weight is 436 g/mol. The Morgan fingerprint density at radius 1 is 1.22 bits per heavy atom. The van der Waals surface area contributed by atoms with Crippen LogP contribution in [0, 0.1) is 5.92 Å². The molecule has 0 spiro atoms. The number of hydrogen-bond donors (Lipinski definition) is 1. The summed E-state index contributed by atoms with van der Waals surface area (Å²) in [5.41, 5.74) is 3.57. The molecule has 5 nitrogen and oxygen atoms in total. The number of nitrogens with zero attached hydrogens (tertiary/aromatic N) is 2. The van der Waals surface area contributed by atoms with Crippen molar-refractivity contribution in [3.63, 3.8) is 0 Å². The maximum absolute atomic E-state index is 12.5. The molecule has 2 aliphatic rings. The Morgan fingerprint density at radius 2 is 2.09 bits per heavy atom. The van der Waals surface area contributed by atoms with Gasteiger partial charge in [-0.25, -0.2) is 4.98 Å². The molecule has 3 heterocycles. The Labute approximate surface area is 192 Å². The van der Waals surface area contributed by atoms with Crippen LogP contribution in [-0.2, 0) is 17.6 Å². The Hall–Kier alpha value is -2.40. The maximum atomic E-state index is 12.5. The number of ether oxygens (including phenoxy) is 1. The molecule has 0 bridgehead atoms. The molecular weight excluding hydrogens is 398 g/mol. The first-order valence-electron chi connectivity index (χ1n) is 12.3. The van der Waals surface area contributed by atoms with Crippen molar-refractivity contribution >= 4 is 11.6 Å². The van der Waals surface area contributed by atoms with E-state index in [-0.39, 0.29) is 11.8 Å². The molecule has 0 amide bonds. The van der Waals surface area contributed by atoms with Gasteiger partial charge in [0.25, 0.3) is 0 Å². The first-order valence-corrected chi connectivity index (χ1v) is 12.3. The Kier molecular flexibility index (Phi) is 7.80. The van der Waals surface area contributed by atoms with Crippen LogP contribution in [0.15, 0.2) is 36.4 Å². The van der Waals surface area contributed by atoms with Gasteiger partial charge >= 0.3 is 0 Å². The predicted octanol–water partition coefficient (Wildman–Crippen LogP) is 5.20. The van der Waals surface area contributed by atoms with E-state index < -0.39 is 0 Å². The van der Waals surface area contributed by atoms with Crippen molar-refractivity contribution in [2.75, 3.05) is 32.1 Å². The number of carbonyl (C=O) groups is 1. The van der Waals surface area contributed by atoms with Crippen LogP contribution in [0.1, 0.15) is 68.3 Å². The highest BCUT2D eigenvalue weighted by atomic mass is 16.5. The first-order chi connectivity index (χ1) is 15.7. The molecule has 4 rings (SSSR count). The minimum atomic E-state index is -0.195. The number of Topliss-reactive ketones (excluding diaryl/α,β-unsaturated/α-hetero) is 1. The summed E-state index contributed by atoms with van der Waals surface area (Å²) in [6, 6.07) is 12.2. The molecule has 2 atom stereocenters. The lowest BCUT2D eigenvalue weighted by Crippen LogP contribution is -2.31. The van der Waals surface area contributed by atoms with Gasteiger partial charge < -0.3 is 10.1 Å². The summed E-state index contributed by atoms with van der Waals surface area (Å²) >= 11 is 0. The van der Waals surface area contributed by atoms with Crippen LogP contribution in [0.5, 0.6) is 5.75 Å². The van der Waals surface area contributed by atoms with Crippen molar-refractivity contribution in [3.05, 3.63) is 53.2 Å². The first kappa shape index (κ1) is 22.8. The number of carbonyl (C=O) groups excluding carboxylic acids is 1. The van der Waals surface area contributed by atoms with Gasteiger partial charge in [-0.2, -0.15) is 0 Å². The number of hydrogen-bond acceptors (Lipinski definition) is 5. The molecule has 0 unspecified atom stereocenters. The summed E-state index contributed by atoms with van der Waals surface area (Å²) in [6.07, 6.45) is 9.52. The van der Waals surface area contributed by atoms with Crippen molar-refractivity contribution < 1.29 is 9.53 Å². The lowest BCUT2D eigenvalue weighted by Gasteiger charge is -2.27.